The normalized spacial score (nSPS) is 10.2. The average molecular weight is 293 g/mol. The molecule has 1 aromatic heterocycles. The summed E-state index contributed by atoms with van der Waals surface area (Å²) in [5, 5.41) is 9.79. The fourth-order valence-electron chi connectivity index (χ4n) is 1.79. The van der Waals surface area contributed by atoms with Crippen molar-refractivity contribution in [3.8, 4) is 6.07 Å². The zero-order valence-electron chi connectivity index (χ0n) is 9.30. The van der Waals surface area contributed by atoms with Crippen molar-refractivity contribution in [1.29, 1.82) is 5.26 Å². The molecule has 0 fully saturated rings. The van der Waals surface area contributed by atoms with E-state index in [1.165, 1.54) is 7.11 Å². The molecular weight excluding hydrogens is 284 g/mol. The zero-order chi connectivity index (χ0) is 12.6. The molecular formula is C12H9BrN2O2. The third-order valence-corrected chi connectivity index (χ3v) is 3.49. The summed E-state index contributed by atoms with van der Waals surface area (Å²) >= 11 is 3.38. The fraction of sp³-hybridized carbons (Fsp3) is 0.167. The fourth-order valence-corrected chi connectivity index (χ4v) is 2.52. The number of nitriles is 1. The van der Waals surface area contributed by atoms with Crippen molar-refractivity contribution in [2.24, 2.45) is 0 Å². The maximum atomic E-state index is 11.5. The van der Waals surface area contributed by atoms with Gasteiger partial charge < -0.3 is 9.72 Å². The highest BCUT2D eigenvalue weighted by atomic mass is 79.9. The van der Waals surface area contributed by atoms with E-state index in [1.54, 1.807) is 12.1 Å². The van der Waals surface area contributed by atoms with E-state index in [1.807, 2.05) is 6.92 Å². The van der Waals surface area contributed by atoms with Crippen LogP contribution in [0.3, 0.4) is 0 Å². The van der Waals surface area contributed by atoms with Gasteiger partial charge in [-0.1, -0.05) is 0 Å². The number of rotatable bonds is 1. The van der Waals surface area contributed by atoms with Crippen molar-refractivity contribution in [2.75, 3.05) is 7.11 Å². The third kappa shape index (κ3) is 1.71. The number of aryl methyl sites for hydroxylation is 1. The van der Waals surface area contributed by atoms with Crippen LogP contribution in [0.1, 0.15) is 21.6 Å². The van der Waals surface area contributed by atoms with Gasteiger partial charge in [0, 0.05) is 15.4 Å². The third-order valence-electron chi connectivity index (χ3n) is 2.66. The number of carbonyl (C=O) groups is 1. The summed E-state index contributed by atoms with van der Waals surface area (Å²) in [5.74, 6) is -0.413. The molecule has 0 aliphatic heterocycles. The minimum absolute atomic E-state index is 0.413. The predicted molar refractivity (Wildman–Crippen MR) is 66.8 cm³/mol. The maximum absolute atomic E-state index is 11.5. The monoisotopic (exact) mass is 292 g/mol. The molecule has 4 nitrogen and oxygen atoms in total. The quantitative estimate of drug-likeness (QED) is 0.822. The van der Waals surface area contributed by atoms with Crippen LogP contribution in [0.5, 0.6) is 0 Å². The SMILES string of the molecule is COC(=O)c1[nH]c2ccc(C#N)c(Br)c2c1C. The van der Waals surface area contributed by atoms with Gasteiger partial charge in [-0.3, -0.25) is 0 Å². The topological polar surface area (TPSA) is 65.9 Å². The van der Waals surface area contributed by atoms with Crippen LogP contribution in [0.2, 0.25) is 0 Å². The molecule has 0 unspecified atom stereocenters. The van der Waals surface area contributed by atoms with Crippen LogP contribution in [-0.2, 0) is 4.74 Å². The van der Waals surface area contributed by atoms with Crippen LogP contribution >= 0.6 is 15.9 Å². The number of esters is 1. The summed E-state index contributed by atoms with van der Waals surface area (Å²) in [6, 6.07) is 5.56. The largest absolute Gasteiger partial charge is 0.464 e. The van der Waals surface area contributed by atoms with Crippen molar-refractivity contribution in [1.82, 2.24) is 4.98 Å². The number of hydrogen-bond acceptors (Lipinski definition) is 3. The molecule has 0 atom stereocenters. The first-order valence-electron chi connectivity index (χ1n) is 4.89. The molecule has 5 heteroatoms. The van der Waals surface area contributed by atoms with Crippen molar-refractivity contribution in [2.45, 2.75) is 6.92 Å². The van der Waals surface area contributed by atoms with Crippen LogP contribution in [0.4, 0.5) is 0 Å². The number of nitrogens with zero attached hydrogens (tertiary/aromatic N) is 1. The molecule has 0 aliphatic rings. The van der Waals surface area contributed by atoms with Gasteiger partial charge in [0.1, 0.15) is 11.8 Å². The minimum Gasteiger partial charge on any atom is -0.464 e. The number of halogens is 1. The van der Waals surface area contributed by atoms with Gasteiger partial charge in [-0.2, -0.15) is 5.26 Å². The van der Waals surface area contributed by atoms with Crippen molar-refractivity contribution in [3.63, 3.8) is 0 Å². The second-order valence-electron chi connectivity index (χ2n) is 3.58. The second-order valence-corrected chi connectivity index (χ2v) is 4.37. The Hall–Kier alpha value is -1.80. The predicted octanol–water partition coefficient (Wildman–Crippen LogP) is 2.90. The number of nitrogens with one attached hydrogen (secondary N) is 1. The summed E-state index contributed by atoms with van der Waals surface area (Å²) in [4.78, 5) is 14.5. The van der Waals surface area contributed by atoms with E-state index in [4.69, 9.17) is 10.00 Å². The smallest absolute Gasteiger partial charge is 0.354 e. The van der Waals surface area contributed by atoms with Gasteiger partial charge >= 0.3 is 5.97 Å². The van der Waals surface area contributed by atoms with E-state index < -0.39 is 5.97 Å². The van der Waals surface area contributed by atoms with Gasteiger partial charge in [-0.05, 0) is 40.5 Å². The molecule has 0 bridgehead atoms. The van der Waals surface area contributed by atoms with E-state index in [0.717, 1.165) is 16.5 Å². The number of benzene rings is 1. The number of aromatic nitrogens is 1. The molecule has 1 heterocycles. The number of ether oxygens (including phenoxy) is 1. The highest BCUT2D eigenvalue weighted by molar-refractivity contribution is 9.10. The van der Waals surface area contributed by atoms with E-state index in [9.17, 15) is 4.79 Å². The van der Waals surface area contributed by atoms with Gasteiger partial charge in [0.25, 0.3) is 0 Å². The average Bonchev–Trinajstić information content (AvgIpc) is 2.67. The van der Waals surface area contributed by atoms with E-state index in [-0.39, 0.29) is 0 Å². The van der Waals surface area contributed by atoms with E-state index in [0.29, 0.717) is 15.7 Å². The number of H-pyrrole nitrogens is 1. The molecule has 0 saturated carbocycles. The lowest BCUT2D eigenvalue weighted by atomic mass is 10.1. The standard InChI is InChI=1S/C12H9BrN2O2/c1-6-9-8(15-11(6)12(16)17-2)4-3-7(5-14)10(9)13/h3-4,15H,1-2H3. The number of fused-ring (bicyclic) bond motifs is 1. The van der Waals surface area contributed by atoms with E-state index in [2.05, 4.69) is 27.0 Å². The summed E-state index contributed by atoms with van der Waals surface area (Å²) < 4.78 is 5.39. The molecule has 2 aromatic rings. The lowest BCUT2D eigenvalue weighted by Gasteiger charge is -1.99. The number of hydrogen-bond donors (Lipinski definition) is 1. The van der Waals surface area contributed by atoms with E-state index >= 15 is 0 Å². The molecule has 86 valence electrons. The molecule has 0 amide bonds. The number of methoxy groups -OCH3 is 1. The van der Waals surface area contributed by atoms with Crippen molar-refractivity contribution >= 4 is 32.8 Å². The van der Waals surface area contributed by atoms with Crippen LogP contribution in [0, 0.1) is 18.3 Å². The first-order valence-corrected chi connectivity index (χ1v) is 5.68. The number of carbonyl (C=O) groups excluding carboxylic acids is 1. The van der Waals surface area contributed by atoms with Crippen LogP contribution in [0.25, 0.3) is 10.9 Å². The van der Waals surface area contributed by atoms with Gasteiger partial charge in [0.05, 0.1) is 12.7 Å². The Morgan fingerprint density at radius 2 is 2.24 bits per heavy atom. The molecule has 0 radical (unpaired) electrons. The Morgan fingerprint density at radius 1 is 1.53 bits per heavy atom. The molecule has 1 N–H and O–H groups in total. The first-order chi connectivity index (χ1) is 8.10. The Kier molecular flexibility index (Phi) is 2.90. The van der Waals surface area contributed by atoms with Gasteiger partial charge in [0.15, 0.2) is 0 Å². The Labute approximate surface area is 106 Å². The second kappa shape index (κ2) is 4.22. The molecule has 2 rings (SSSR count). The molecule has 0 aliphatic carbocycles. The molecule has 17 heavy (non-hydrogen) atoms. The van der Waals surface area contributed by atoms with Gasteiger partial charge in [0.2, 0.25) is 0 Å². The lowest BCUT2D eigenvalue weighted by Crippen LogP contribution is -2.02. The molecule has 0 spiro atoms. The summed E-state index contributed by atoms with van der Waals surface area (Å²) in [6.45, 7) is 1.82. The minimum atomic E-state index is -0.413. The lowest BCUT2D eigenvalue weighted by molar-refractivity contribution is 0.0594. The first kappa shape index (κ1) is 11.7. The Morgan fingerprint density at radius 3 is 2.82 bits per heavy atom. The Bertz CT molecular complexity index is 653. The van der Waals surface area contributed by atoms with Crippen LogP contribution in [-0.4, -0.2) is 18.1 Å². The summed E-state index contributed by atoms with van der Waals surface area (Å²) in [6.07, 6.45) is 0. The summed E-state index contributed by atoms with van der Waals surface area (Å²) in [5.41, 5.74) is 2.53. The summed E-state index contributed by atoms with van der Waals surface area (Å²) in [7, 11) is 1.34. The van der Waals surface area contributed by atoms with Gasteiger partial charge in [-0.25, -0.2) is 4.79 Å². The van der Waals surface area contributed by atoms with Crippen molar-refractivity contribution in [3.05, 3.63) is 33.4 Å². The maximum Gasteiger partial charge on any atom is 0.354 e. The molecule has 1 aromatic carbocycles. The highest BCUT2D eigenvalue weighted by Gasteiger charge is 2.18. The highest BCUT2D eigenvalue weighted by Crippen LogP contribution is 2.31. The van der Waals surface area contributed by atoms with Crippen LogP contribution < -0.4 is 0 Å². The Balaban J connectivity index is 2.80. The number of aromatic amines is 1. The van der Waals surface area contributed by atoms with Gasteiger partial charge in [-0.15, -0.1) is 0 Å². The molecule has 0 saturated heterocycles. The van der Waals surface area contributed by atoms with Crippen LogP contribution in [0.15, 0.2) is 16.6 Å². The van der Waals surface area contributed by atoms with Crippen molar-refractivity contribution < 1.29 is 9.53 Å². The zero-order valence-corrected chi connectivity index (χ0v) is 10.9.